The number of benzene rings is 4. The molecule has 0 aromatic heterocycles. The van der Waals surface area contributed by atoms with E-state index in [1.807, 2.05) is 0 Å². The summed E-state index contributed by atoms with van der Waals surface area (Å²) in [5.74, 6) is 0.188. The largest absolute Gasteiger partial charge is 0.228 e. The van der Waals surface area contributed by atoms with Crippen LogP contribution in [0.3, 0.4) is 0 Å². The van der Waals surface area contributed by atoms with Crippen LogP contribution >= 0.6 is 11.1 Å². The molecule has 0 fully saturated rings. The third kappa shape index (κ3) is 3.67. The molecule has 2 unspecified atom stereocenters. The molecule has 0 heterocycles. The molecular formula is C33H27ClSi. The Morgan fingerprint density at radius 3 is 2.00 bits per heavy atom. The lowest BCUT2D eigenvalue weighted by molar-refractivity contribution is 1.03. The predicted octanol–water partition coefficient (Wildman–Crippen LogP) is 7.67. The van der Waals surface area contributed by atoms with Gasteiger partial charge in [-0.15, -0.1) is 0 Å². The molecular weight excluding hydrogens is 460 g/mol. The second kappa shape index (κ2) is 9.00. The minimum atomic E-state index is -2.68. The van der Waals surface area contributed by atoms with E-state index in [4.69, 9.17) is 11.1 Å². The van der Waals surface area contributed by atoms with Gasteiger partial charge in [0.15, 0.2) is 0 Å². The standard InChI is InChI=1S/C33H27ClSi/c1-24-23-32-30(29-22-12-14-25-13-8-9-19-28(25)29)20-10-11-21-31(32)33(24)35(34,26-15-4-2-5-16-26)27-17-6-3-7-18-27/h2-23,30,33H,1H3. The fourth-order valence-corrected chi connectivity index (χ4v) is 11.3. The van der Waals surface area contributed by atoms with Crippen molar-refractivity contribution >= 4 is 39.6 Å². The highest BCUT2D eigenvalue weighted by molar-refractivity contribution is 7.35. The van der Waals surface area contributed by atoms with E-state index >= 15 is 0 Å². The Balaban J connectivity index is 1.57. The zero-order valence-electron chi connectivity index (χ0n) is 19.7. The summed E-state index contributed by atoms with van der Waals surface area (Å²) in [7, 11) is -2.68. The molecule has 2 heteroatoms. The Bertz CT molecular complexity index is 1460. The number of halogens is 1. The molecule has 0 saturated carbocycles. The summed E-state index contributed by atoms with van der Waals surface area (Å²) in [6, 6.07) is 36.9. The van der Waals surface area contributed by atoms with Crippen molar-refractivity contribution in [2.45, 2.75) is 18.4 Å². The van der Waals surface area contributed by atoms with Gasteiger partial charge in [-0.1, -0.05) is 139 Å². The van der Waals surface area contributed by atoms with Gasteiger partial charge in [0.2, 0.25) is 7.38 Å². The van der Waals surface area contributed by atoms with Gasteiger partial charge in [0, 0.05) is 11.5 Å². The summed E-state index contributed by atoms with van der Waals surface area (Å²) >= 11 is 7.96. The summed E-state index contributed by atoms with van der Waals surface area (Å²) in [5, 5.41) is 5.11. The zero-order valence-corrected chi connectivity index (χ0v) is 21.5. The molecule has 0 amide bonds. The Hall–Kier alpha value is -3.39. The topological polar surface area (TPSA) is 0 Å². The van der Waals surface area contributed by atoms with Crippen LogP contribution in [-0.4, -0.2) is 7.38 Å². The number of fused-ring (bicyclic) bond motifs is 1. The highest BCUT2D eigenvalue weighted by atomic mass is 35.6. The Morgan fingerprint density at radius 2 is 1.29 bits per heavy atom. The van der Waals surface area contributed by atoms with Gasteiger partial charge in [-0.05, 0) is 44.8 Å². The van der Waals surface area contributed by atoms with E-state index in [2.05, 4.69) is 140 Å². The molecule has 35 heavy (non-hydrogen) atoms. The molecule has 4 aromatic carbocycles. The fraction of sp³-hybridized carbons (Fsp3) is 0.0909. The highest BCUT2D eigenvalue weighted by Gasteiger charge is 2.48. The van der Waals surface area contributed by atoms with E-state index < -0.39 is 7.38 Å². The van der Waals surface area contributed by atoms with Gasteiger partial charge in [0.25, 0.3) is 0 Å². The van der Waals surface area contributed by atoms with Gasteiger partial charge in [-0.3, -0.25) is 0 Å². The molecule has 0 N–H and O–H groups in total. The molecule has 6 rings (SSSR count). The fourth-order valence-electron chi connectivity index (χ4n) is 5.91. The van der Waals surface area contributed by atoms with Crippen molar-refractivity contribution < 1.29 is 0 Å². The monoisotopic (exact) mass is 486 g/mol. The van der Waals surface area contributed by atoms with Crippen LogP contribution in [0, 0.1) is 0 Å². The summed E-state index contributed by atoms with van der Waals surface area (Å²) in [5.41, 5.74) is 5.60. The van der Waals surface area contributed by atoms with Crippen molar-refractivity contribution in [1.82, 2.24) is 0 Å². The average Bonchev–Trinajstić information content (AvgIpc) is 3.11. The normalized spacial score (nSPS) is 19.5. The highest BCUT2D eigenvalue weighted by Crippen LogP contribution is 2.50. The van der Waals surface area contributed by atoms with Crippen molar-refractivity contribution in [3.05, 3.63) is 156 Å². The van der Waals surface area contributed by atoms with E-state index in [9.17, 15) is 0 Å². The lowest BCUT2D eigenvalue weighted by Crippen LogP contribution is -2.57. The first-order valence-corrected chi connectivity index (χ1v) is 15.3. The predicted molar refractivity (Wildman–Crippen MR) is 153 cm³/mol. The van der Waals surface area contributed by atoms with E-state index in [0.717, 1.165) is 0 Å². The van der Waals surface area contributed by atoms with E-state index in [-0.39, 0.29) is 11.5 Å². The lowest BCUT2D eigenvalue weighted by atomic mass is 9.86. The average molecular weight is 487 g/mol. The van der Waals surface area contributed by atoms with E-state index in [1.165, 1.54) is 43.4 Å². The third-order valence-electron chi connectivity index (χ3n) is 7.45. The van der Waals surface area contributed by atoms with Gasteiger partial charge in [-0.25, -0.2) is 0 Å². The molecule has 0 aliphatic heterocycles. The van der Waals surface area contributed by atoms with Crippen LogP contribution in [0.15, 0.2) is 150 Å². The maximum absolute atomic E-state index is 7.96. The second-order valence-corrected chi connectivity index (χ2v) is 14.4. The van der Waals surface area contributed by atoms with Crippen molar-refractivity contribution in [3.63, 3.8) is 0 Å². The van der Waals surface area contributed by atoms with Gasteiger partial charge in [0.05, 0.1) is 0 Å². The van der Waals surface area contributed by atoms with Crippen LogP contribution in [0.1, 0.15) is 18.4 Å². The minimum absolute atomic E-state index is 0.164. The Morgan fingerprint density at radius 1 is 0.657 bits per heavy atom. The van der Waals surface area contributed by atoms with Crippen LogP contribution in [-0.2, 0) is 0 Å². The molecule has 0 bridgehead atoms. The molecule has 2 atom stereocenters. The number of rotatable bonds is 4. The van der Waals surface area contributed by atoms with Crippen molar-refractivity contribution in [2.75, 3.05) is 0 Å². The summed E-state index contributed by atoms with van der Waals surface area (Å²) in [4.78, 5) is 0. The first-order chi connectivity index (χ1) is 17.2. The molecule has 2 aliphatic rings. The molecule has 2 aliphatic carbocycles. The van der Waals surface area contributed by atoms with E-state index in [1.54, 1.807) is 0 Å². The Labute approximate surface area is 213 Å². The van der Waals surface area contributed by atoms with Crippen LogP contribution < -0.4 is 10.4 Å². The van der Waals surface area contributed by atoms with Gasteiger partial charge >= 0.3 is 0 Å². The minimum Gasteiger partial charge on any atom is -0.154 e. The van der Waals surface area contributed by atoms with Gasteiger partial charge < -0.3 is 0 Å². The molecule has 4 aromatic rings. The lowest BCUT2D eigenvalue weighted by Gasteiger charge is -2.34. The van der Waals surface area contributed by atoms with Crippen LogP contribution in [0.2, 0.25) is 5.54 Å². The maximum atomic E-state index is 7.96. The Kier molecular flexibility index (Phi) is 5.68. The molecule has 0 radical (unpaired) electrons. The van der Waals surface area contributed by atoms with Crippen LogP contribution in [0.25, 0.3) is 10.8 Å². The van der Waals surface area contributed by atoms with Gasteiger partial charge in [0.1, 0.15) is 0 Å². The summed E-state index contributed by atoms with van der Waals surface area (Å²) < 4.78 is 0. The first kappa shape index (κ1) is 22.1. The maximum Gasteiger partial charge on any atom is 0.228 e. The molecule has 0 nitrogen and oxygen atoms in total. The summed E-state index contributed by atoms with van der Waals surface area (Å²) in [6.07, 6.45) is 11.5. The molecule has 170 valence electrons. The van der Waals surface area contributed by atoms with Crippen molar-refractivity contribution in [1.29, 1.82) is 0 Å². The number of hydrogen-bond acceptors (Lipinski definition) is 0. The second-order valence-electron chi connectivity index (χ2n) is 9.47. The SMILES string of the molecule is CC1=CC2=C(C=CC=CC2c2cccc3ccccc23)C1[Si](Cl)(c1ccccc1)c1ccccc1. The first-order valence-electron chi connectivity index (χ1n) is 12.2. The van der Waals surface area contributed by atoms with Gasteiger partial charge in [-0.2, -0.15) is 11.1 Å². The van der Waals surface area contributed by atoms with Crippen LogP contribution in [0.5, 0.6) is 0 Å². The smallest absolute Gasteiger partial charge is 0.154 e. The van der Waals surface area contributed by atoms with E-state index in [0.29, 0.717) is 0 Å². The number of hydrogen-bond donors (Lipinski definition) is 0. The summed E-state index contributed by atoms with van der Waals surface area (Å²) in [6.45, 7) is 2.27. The van der Waals surface area contributed by atoms with Crippen molar-refractivity contribution in [3.8, 4) is 0 Å². The third-order valence-corrected chi connectivity index (χ3v) is 13.3. The van der Waals surface area contributed by atoms with Crippen molar-refractivity contribution in [2.24, 2.45) is 0 Å². The quantitative estimate of drug-likeness (QED) is 0.205. The zero-order chi connectivity index (χ0) is 23.8. The van der Waals surface area contributed by atoms with Crippen LogP contribution in [0.4, 0.5) is 0 Å². The molecule has 0 saturated heterocycles. The molecule has 0 spiro atoms. The number of allylic oxidation sites excluding steroid dienone is 8.